The Bertz CT molecular complexity index is 912. The molecule has 4 N–H and O–H groups in total. The van der Waals surface area contributed by atoms with E-state index in [0.717, 1.165) is 29.0 Å². The Morgan fingerprint density at radius 2 is 1.81 bits per heavy atom. The predicted molar refractivity (Wildman–Crippen MR) is 121 cm³/mol. The molecule has 0 spiro atoms. The number of piperazine rings is 1. The van der Waals surface area contributed by atoms with Crippen LogP contribution in [0.4, 0.5) is 16.2 Å². The highest BCUT2D eigenvalue weighted by atomic mass is 16.2. The van der Waals surface area contributed by atoms with Crippen LogP contribution in [0, 0.1) is 0 Å². The molecule has 0 radical (unpaired) electrons. The minimum atomic E-state index is -0.257. The zero-order valence-corrected chi connectivity index (χ0v) is 17.9. The molecular formula is C23H29N5O3. The summed E-state index contributed by atoms with van der Waals surface area (Å²) in [6.45, 7) is 5.91. The highest BCUT2D eigenvalue weighted by Crippen LogP contribution is 2.17. The Kier molecular flexibility index (Phi) is 7.48. The van der Waals surface area contributed by atoms with E-state index in [4.69, 9.17) is 0 Å². The lowest BCUT2D eigenvalue weighted by Crippen LogP contribution is -2.47. The second-order valence-corrected chi connectivity index (χ2v) is 7.51. The van der Waals surface area contributed by atoms with E-state index in [-0.39, 0.29) is 23.9 Å². The maximum Gasteiger partial charge on any atom is 0.315 e. The molecule has 0 aromatic heterocycles. The molecule has 0 saturated carbocycles. The Morgan fingerprint density at radius 1 is 1.10 bits per heavy atom. The van der Waals surface area contributed by atoms with E-state index in [2.05, 4.69) is 21.3 Å². The van der Waals surface area contributed by atoms with Crippen molar-refractivity contribution in [3.8, 4) is 0 Å². The molecule has 1 aliphatic heterocycles. The topological polar surface area (TPSA) is 103 Å². The van der Waals surface area contributed by atoms with E-state index in [0.29, 0.717) is 26.1 Å². The molecule has 3 rings (SSSR count). The van der Waals surface area contributed by atoms with Gasteiger partial charge in [0.1, 0.15) is 0 Å². The summed E-state index contributed by atoms with van der Waals surface area (Å²) < 4.78 is 0. The van der Waals surface area contributed by atoms with Crippen LogP contribution in [0.2, 0.25) is 0 Å². The van der Waals surface area contributed by atoms with Gasteiger partial charge < -0.3 is 26.2 Å². The number of nitrogens with zero attached hydrogens (tertiary/aromatic N) is 1. The molecule has 8 nitrogen and oxygen atoms in total. The van der Waals surface area contributed by atoms with E-state index in [1.165, 1.54) is 0 Å². The van der Waals surface area contributed by atoms with Crippen LogP contribution in [-0.4, -0.2) is 37.5 Å². The van der Waals surface area contributed by atoms with Gasteiger partial charge in [-0.15, -0.1) is 0 Å². The van der Waals surface area contributed by atoms with Gasteiger partial charge in [-0.1, -0.05) is 31.2 Å². The van der Waals surface area contributed by atoms with Crippen LogP contribution in [0.15, 0.2) is 48.5 Å². The molecule has 2 aromatic rings. The lowest BCUT2D eigenvalue weighted by atomic mass is 10.1. The van der Waals surface area contributed by atoms with Gasteiger partial charge in [0.05, 0.1) is 12.6 Å². The van der Waals surface area contributed by atoms with E-state index >= 15 is 0 Å². The highest BCUT2D eigenvalue weighted by Gasteiger charge is 2.16. The lowest BCUT2D eigenvalue weighted by molar-refractivity contribution is -0.120. The first-order chi connectivity index (χ1) is 14.9. The number of carbonyl (C=O) groups excluding carboxylic acids is 3. The standard InChI is InChI=1S/C23H29N5O3/c1-3-21(29)27-19-8-6-18(7-9-19)16(2)26-23(31)25-14-17-4-10-20(11-5-17)28-13-12-24-22(30)15-28/h4-11,16H,3,12-15H2,1-2H3,(H,24,30)(H,27,29)(H2,25,26,31). The molecule has 0 bridgehead atoms. The van der Waals surface area contributed by atoms with Gasteiger partial charge in [-0.2, -0.15) is 0 Å². The minimum absolute atomic E-state index is 0.0307. The van der Waals surface area contributed by atoms with Crippen molar-refractivity contribution in [2.45, 2.75) is 32.9 Å². The van der Waals surface area contributed by atoms with Gasteiger partial charge >= 0.3 is 6.03 Å². The number of urea groups is 1. The van der Waals surface area contributed by atoms with Crippen molar-refractivity contribution in [2.75, 3.05) is 29.9 Å². The van der Waals surface area contributed by atoms with Crippen LogP contribution >= 0.6 is 0 Å². The van der Waals surface area contributed by atoms with Crippen molar-refractivity contribution in [3.63, 3.8) is 0 Å². The average Bonchev–Trinajstić information content (AvgIpc) is 2.78. The van der Waals surface area contributed by atoms with Gasteiger partial charge in [-0.25, -0.2) is 4.79 Å². The number of benzene rings is 2. The Balaban J connectivity index is 1.46. The smallest absolute Gasteiger partial charge is 0.315 e. The van der Waals surface area contributed by atoms with Gasteiger partial charge in [0.15, 0.2) is 0 Å². The number of hydrogen-bond donors (Lipinski definition) is 4. The van der Waals surface area contributed by atoms with Crippen molar-refractivity contribution in [3.05, 3.63) is 59.7 Å². The molecule has 1 atom stereocenters. The van der Waals surface area contributed by atoms with Crippen molar-refractivity contribution >= 4 is 29.2 Å². The molecule has 1 heterocycles. The molecule has 0 aliphatic carbocycles. The summed E-state index contributed by atoms with van der Waals surface area (Å²) in [5.74, 6) is -0.00380. The summed E-state index contributed by atoms with van der Waals surface area (Å²) in [5, 5.41) is 11.4. The first-order valence-corrected chi connectivity index (χ1v) is 10.5. The normalized spacial score (nSPS) is 14.4. The maximum atomic E-state index is 12.3. The van der Waals surface area contributed by atoms with Crippen molar-refractivity contribution < 1.29 is 14.4 Å². The highest BCUT2D eigenvalue weighted by molar-refractivity contribution is 5.90. The molecule has 1 fully saturated rings. The predicted octanol–water partition coefficient (Wildman–Crippen LogP) is 2.53. The Labute approximate surface area is 182 Å². The fourth-order valence-electron chi connectivity index (χ4n) is 3.30. The number of carbonyl (C=O) groups is 3. The Hall–Kier alpha value is -3.55. The number of amides is 4. The van der Waals surface area contributed by atoms with Gasteiger partial charge in [0.2, 0.25) is 11.8 Å². The van der Waals surface area contributed by atoms with E-state index < -0.39 is 0 Å². The third kappa shape index (κ3) is 6.47. The van der Waals surface area contributed by atoms with Crippen LogP contribution in [-0.2, 0) is 16.1 Å². The fraction of sp³-hybridized carbons (Fsp3) is 0.348. The van der Waals surface area contributed by atoms with Gasteiger partial charge in [-0.05, 0) is 42.3 Å². The SMILES string of the molecule is CCC(=O)Nc1ccc(C(C)NC(=O)NCc2ccc(N3CCNC(=O)C3)cc2)cc1. The van der Waals surface area contributed by atoms with Crippen LogP contribution < -0.4 is 26.2 Å². The lowest BCUT2D eigenvalue weighted by Gasteiger charge is -2.28. The monoisotopic (exact) mass is 423 g/mol. The molecule has 164 valence electrons. The largest absolute Gasteiger partial charge is 0.360 e. The summed E-state index contributed by atoms with van der Waals surface area (Å²) in [4.78, 5) is 37.3. The van der Waals surface area contributed by atoms with Crippen LogP contribution in [0.1, 0.15) is 37.4 Å². The fourth-order valence-corrected chi connectivity index (χ4v) is 3.30. The zero-order valence-electron chi connectivity index (χ0n) is 17.9. The number of nitrogens with one attached hydrogen (secondary N) is 4. The molecule has 1 saturated heterocycles. The van der Waals surface area contributed by atoms with Gasteiger partial charge in [-0.3, -0.25) is 9.59 Å². The van der Waals surface area contributed by atoms with Gasteiger partial charge in [0.25, 0.3) is 0 Å². The average molecular weight is 424 g/mol. The molecule has 31 heavy (non-hydrogen) atoms. The molecule has 1 unspecified atom stereocenters. The zero-order chi connectivity index (χ0) is 22.2. The second kappa shape index (κ2) is 10.5. The maximum absolute atomic E-state index is 12.3. The van der Waals surface area contributed by atoms with E-state index in [9.17, 15) is 14.4 Å². The quantitative estimate of drug-likeness (QED) is 0.550. The van der Waals surface area contributed by atoms with Crippen molar-refractivity contribution in [1.29, 1.82) is 0 Å². The molecule has 2 aromatic carbocycles. The second-order valence-electron chi connectivity index (χ2n) is 7.51. The Morgan fingerprint density at radius 3 is 2.45 bits per heavy atom. The van der Waals surface area contributed by atoms with E-state index in [1.54, 1.807) is 6.92 Å². The molecule has 1 aliphatic rings. The van der Waals surface area contributed by atoms with E-state index in [1.807, 2.05) is 60.4 Å². The van der Waals surface area contributed by atoms with Crippen molar-refractivity contribution in [2.24, 2.45) is 0 Å². The van der Waals surface area contributed by atoms with Crippen LogP contribution in [0.5, 0.6) is 0 Å². The number of rotatable bonds is 7. The van der Waals surface area contributed by atoms with Crippen LogP contribution in [0.3, 0.4) is 0 Å². The first kappa shape index (κ1) is 22.1. The van der Waals surface area contributed by atoms with Crippen molar-refractivity contribution in [1.82, 2.24) is 16.0 Å². The van der Waals surface area contributed by atoms with Crippen LogP contribution in [0.25, 0.3) is 0 Å². The molecular weight excluding hydrogens is 394 g/mol. The summed E-state index contributed by atoms with van der Waals surface area (Å²) in [5.41, 5.74) is 3.65. The minimum Gasteiger partial charge on any atom is -0.360 e. The molecule has 4 amide bonds. The molecule has 8 heteroatoms. The number of hydrogen-bond acceptors (Lipinski definition) is 4. The summed E-state index contributed by atoms with van der Waals surface area (Å²) in [7, 11) is 0. The first-order valence-electron chi connectivity index (χ1n) is 10.5. The third-order valence-electron chi connectivity index (χ3n) is 5.16. The number of anilines is 2. The summed E-state index contributed by atoms with van der Waals surface area (Å²) in [6.07, 6.45) is 0.429. The third-order valence-corrected chi connectivity index (χ3v) is 5.16. The summed E-state index contributed by atoms with van der Waals surface area (Å²) >= 11 is 0. The van der Waals surface area contributed by atoms with Gasteiger partial charge in [0, 0.05) is 37.4 Å². The summed E-state index contributed by atoms with van der Waals surface area (Å²) in [6, 6.07) is 14.8.